The Kier molecular flexibility index (Phi) is 4.02. The van der Waals surface area contributed by atoms with Gasteiger partial charge in [-0.05, 0) is 48.5 Å². The minimum absolute atomic E-state index is 0.114. The number of carbonyl (C=O) groups is 1. The number of amides is 1. The summed E-state index contributed by atoms with van der Waals surface area (Å²) in [5, 5.41) is 8.76. The molecule has 0 heterocycles. The molecule has 0 aliphatic heterocycles. The lowest BCUT2D eigenvalue weighted by Gasteiger charge is -2.17. The minimum Gasteiger partial charge on any atom is -0.497 e. The number of hydrogen-bond acceptors (Lipinski definition) is 3. The van der Waals surface area contributed by atoms with E-state index in [0.29, 0.717) is 16.9 Å². The van der Waals surface area contributed by atoms with Crippen LogP contribution in [0.25, 0.3) is 0 Å². The fourth-order valence-electron chi connectivity index (χ4n) is 1.80. The smallest absolute Gasteiger partial charge is 0.258 e. The van der Waals surface area contributed by atoms with E-state index < -0.39 is 0 Å². The van der Waals surface area contributed by atoms with Crippen LogP contribution in [0.4, 0.5) is 5.69 Å². The Morgan fingerprint density at radius 3 is 2.20 bits per heavy atom. The maximum Gasteiger partial charge on any atom is 0.258 e. The summed E-state index contributed by atoms with van der Waals surface area (Å²) in [5.74, 6) is 0.597. The van der Waals surface area contributed by atoms with Crippen LogP contribution < -0.4 is 9.64 Å². The van der Waals surface area contributed by atoms with Gasteiger partial charge in [0.2, 0.25) is 0 Å². The third-order valence-corrected chi connectivity index (χ3v) is 3.03. The molecule has 0 saturated heterocycles. The summed E-state index contributed by atoms with van der Waals surface area (Å²) >= 11 is 0. The standard InChI is InChI=1S/C16H14N2O2/c1-18(14-7-3-12(11-17)4-8-14)16(19)13-5-9-15(20-2)10-6-13/h3-10H,1-2H3. The van der Waals surface area contributed by atoms with E-state index in [4.69, 9.17) is 10.00 Å². The topological polar surface area (TPSA) is 53.3 Å². The minimum atomic E-state index is -0.114. The van der Waals surface area contributed by atoms with Crippen molar-refractivity contribution in [2.45, 2.75) is 0 Å². The van der Waals surface area contributed by atoms with E-state index in [9.17, 15) is 4.79 Å². The van der Waals surface area contributed by atoms with E-state index in [0.717, 1.165) is 5.69 Å². The maximum atomic E-state index is 12.3. The van der Waals surface area contributed by atoms with Crippen molar-refractivity contribution < 1.29 is 9.53 Å². The molecule has 0 aromatic heterocycles. The summed E-state index contributed by atoms with van der Waals surface area (Å²) < 4.78 is 5.06. The summed E-state index contributed by atoms with van der Waals surface area (Å²) in [6.07, 6.45) is 0. The van der Waals surface area contributed by atoms with Crippen LogP contribution in [0, 0.1) is 11.3 Å². The molecule has 4 nitrogen and oxygen atoms in total. The van der Waals surface area contributed by atoms with Gasteiger partial charge in [0.1, 0.15) is 5.75 Å². The normalized spacial score (nSPS) is 9.65. The van der Waals surface area contributed by atoms with E-state index in [2.05, 4.69) is 0 Å². The Morgan fingerprint density at radius 2 is 1.70 bits per heavy atom. The lowest BCUT2D eigenvalue weighted by atomic mass is 10.1. The number of ether oxygens (including phenoxy) is 1. The summed E-state index contributed by atoms with van der Waals surface area (Å²) in [4.78, 5) is 13.9. The van der Waals surface area contributed by atoms with Crippen LogP contribution in [0.5, 0.6) is 5.75 Å². The highest BCUT2D eigenvalue weighted by molar-refractivity contribution is 6.05. The molecule has 0 bridgehead atoms. The van der Waals surface area contributed by atoms with E-state index in [1.807, 2.05) is 6.07 Å². The molecule has 0 radical (unpaired) electrons. The van der Waals surface area contributed by atoms with Gasteiger partial charge in [-0.15, -0.1) is 0 Å². The van der Waals surface area contributed by atoms with Gasteiger partial charge in [0.05, 0.1) is 18.7 Å². The fourth-order valence-corrected chi connectivity index (χ4v) is 1.80. The van der Waals surface area contributed by atoms with Crippen molar-refractivity contribution in [3.8, 4) is 11.8 Å². The predicted molar refractivity (Wildman–Crippen MR) is 76.9 cm³/mol. The molecule has 0 N–H and O–H groups in total. The highest BCUT2D eigenvalue weighted by atomic mass is 16.5. The van der Waals surface area contributed by atoms with Gasteiger partial charge in [0.15, 0.2) is 0 Å². The first-order valence-corrected chi connectivity index (χ1v) is 6.08. The number of methoxy groups -OCH3 is 1. The van der Waals surface area contributed by atoms with Crippen LogP contribution in [0.15, 0.2) is 48.5 Å². The van der Waals surface area contributed by atoms with Crippen LogP contribution in [0.3, 0.4) is 0 Å². The SMILES string of the molecule is COc1ccc(C(=O)N(C)c2ccc(C#N)cc2)cc1. The zero-order valence-corrected chi connectivity index (χ0v) is 11.3. The molecule has 2 aromatic rings. The van der Waals surface area contributed by atoms with Crippen LogP contribution >= 0.6 is 0 Å². The molecule has 1 amide bonds. The highest BCUT2D eigenvalue weighted by Gasteiger charge is 2.13. The quantitative estimate of drug-likeness (QED) is 0.858. The van der Waals surface area contributed by atoms with Crippen LogP contribution in [0.2, 0.25) is 0 Å². The van der Waals surface area contributed by atoms with Crippen molar-refractivity contribution in [3.05, 3.63) is 59.7 Å². The predicted octanol–water partition coefficient (Wildman–Crippen LogP) is 2.84. The molecule has 0 spiro atoms. The first kappa shape index (κ1) is 13.6. The van der Waals surface area contributed by atoms with Crippen molar-refractivity contribution in [1.29, 1.82) is 5.26 Å². The second-order valence-electron chi connectivity index (χ2n) is 4.25. The Bertz CT molecular complexity index is 640. The fraction of sp³-hybridized carbons (Fsp3) is 0.125. The number of benzene rings is 2. The van der Waals surface area contributed by atoms with Crippen molar-refractivity contribution >= 4 is 11.6 Å². The van der Waals surface area contributed by atoms with E-state index >= 15 is 0 Å². The zero-order valence-electron chi connectivity index (χ0n) is 11.3. The van der Waals surface area contributed by atoms with E-state index in [-0.39, 0.29) is 5.91 Å². The molecule has 0 aliphatic rings. The van der Waals surface area contributed by atoms with Gasteiger partial charge < -0.3 is 9.64 Å². The second-order valence-corrected chi connectivity index (χ2v) is 4.25. The van der Waals surface area contributed by atoms with Gasteiger partial charge in [0, 0.05) is 18.3 Å². The molecule has 0 saturated carbocycles. The van der Waals surface area contributed by atoms with E-state index in [1.54, 1.807) is 67.6 Å². The Hall–Kier alpha value is -2.80. The lowest BCUT2D eigenvalue weighted by molar-refractivity contribution is 0.0993. The average molecular weight is 266 g/mol. The van der Waals surface area contributed by atoms with Crippen LogP contribution in [-0.2, 0) is 0 Å². The second kappa shape index (κ2) is 5.89. The molecular formula is C16H14N2O2. The first-order valence-electron chi connectivity index (χ1n) is 6.08. The van der Waals surface area contributed by atoms with Crippen molar-refractivity contribution in [3.63, 3.8) is 0 Å². The number of nitrogens with zero attached hydrogens (tertiary/aromatic N) is 2. The first-order chi connectivity index (χ1) is 9.65. The molecule has 4 heteroatoms. The Morgan fingerprint density at radius 1 is 1.10 bits per heavy atom. The number of anilines is 1. The van der Waals surface area contributed by atoms with Gasteiger partial charge in [-0.2, -0.15) is 5.26 Å². The molecule has 0 fully saturated rings. The molecule has 2 aromatic carbocycles. The van der Waals surface area contributed by atoms with E-state index in [1.165, 1.54) is 0 Å². The van der Waals surface area contributed by atoms with Gasteiger partial charge >= 0.3 is 0 Å². The largest absolute Gasteiger partial charge is 0.497 e. The third kappa shape index (κ3) is 2.78. The third-order valence-electron chi connectivity index (χ3n) is 3.03. The number of rotatable bonds is 3. The van der Waals surface area contributed by atoms with Crippen molar-refractivity contribution in [2.24, 2.45) is 0 Å². The summed E-state index contributed by atoms with van der Waals surface area (Å²) in [6, 6.07) is 15.9. The molecule has 0 atom stereocenters. The van der Waals surface area contributed by atoms with Gasteiger partial charge in [0.25, 0.3) is 5.91 Å². The molecular weight excluding hydrogens is 252 g/mol. The number of hydrogen-bond donors (Lipinski definition) is 0. The maximum absolute atomic E-state index is 12.3. The highest BCUT2D eigenvalue weighted by Crippen LogP contribution is 2.18. The van der Waals surface area contributed by atoms with Gasteiger partial charge in [-0.1, -0.05) is 0 Å². The Labute approximate surface area is 117 Å². The average Bonchev–Trinajstić information content (AvgIpc) is 2.53. The monoisotopic (exact) mass is 266 g/mol. The zero-order chi connectivity index (χ0) is 14.5. The Balaban J connectivity index is 2.20. The summed E-state index contributed by atoms with van der Waals surface area (Å²) in [5.41, 5.74) is 1.89. The molecule has 2 rings (SSSR count). The molecule has 20 heavy (non-hydrogen) atoms. The van der Waals surface area contributed by atoms with Crippen molar-refractivity contribution in [1.82, 2.24) is 0 Å². The van der Waals surface area contributed by atoms with Gasteiger partial charge in [-0.25, -0.2) is 0 Å². The molecule has 0 unspecified atom stereocenters. The lowest BCUT2D eigenvalue weighted by Crippen LogP contribution is -2.26. The summed E-state index contributed by atoms with van der Waals surface area (Å²) in [7, 11) is 3.29. The summed E-state index contributed by atoms with van der Waals surface area (Å²) in [6.45, 7) is 0. The number of carbonyl (C=O) groups excluding carboxylic acids is 1. The molecule has 100 valence electrons. The molecule has 0 aliphatic carbocycles. The number of nitriles is 1. The van der Waals surface area contributed by atoms with Crippen molar-refractivity contribution in [2.75, 3.05) is 19.1 Å². The van der Waals surface area contributed by atoms with Crippen LogP contribution in [-0.4, -0.2) is 20.1 Å². The van der Waals surface area contributed by atoms with Crippen LogP contribution in [0.1, 0.15) is 15.9 Å². The van der Waals surface area contributed by atoms with Gasteiger partial charge in [-0.3, -0.25) is 4.79 Å².